The third-order valence-electron chi connectivity index (χ3n) is 11.0. The maximum absolute atomic E-state index is 6.58. The number of nitrogens with zero attached hydrogens (tertiary/aromatic N) is 4. The van der Waals surface area contributed by atoms with Gasteiger partial charge in [0.15, 0.2) is 0 Å². The smallest absolute Gasteiger partial charge is 0.235 e. The van der Waals surface area contributed by atoms with Gasteiger partial charge in [0.05, 0.1) is 33.5 Å². The first-order valence-electron chi connectivity index (χ1n) is 18.2. The molecule has 0 amide bonds. The van der Waals surface area contributed by atoms with E-state index in [1.165, 1.54) is 0 Å². The van der Waals surface area contributed by atoms with E-state index in [0.29, 0.717) is 5.95 Å². The number of furan rings is 1. The lowest BCUT2D eigenvalue weighted by Gasteiger charge is -2.14. The average molecular weight is 689 g/mol. The first-order valence-corrected chi connectivity index (χ1v) is 18.2. The second-order valence-electron chi connectivity index (χ2n) is 13.9. The van der Waals surface area contributed by atoms with Gasteiger partial charge in [-0.3, -0.25) is 4.57 Å². The third-order valence-corrected chi connectivity index (χ3v) is 11.0. The monoisotopic (exact) mass is 688 g/mol. The first kappa shape index (κ1) is 29.2. The number of fused-ring (bicyclic) bond motifs is 14. The summed E-state index contributed by atoms with van der Waals surface area (Å²) < 4.78 is 8.78. The topological polar surface area (TPSA) is 56.7 Å². The largest absolute Gasteiger partial charge is 0.455 e. The molecule has 4 aromatic heterocycles. The Balaban J connectivity index is 1.15. The molecule has 5 nitrogen and oxygen atoms in total. The molecule has 4 heterocycles. The fourth-order valence-electron chi connectivity index (χ4n) is 8.62. The molecule has 12 aromatic rings. The molecular formula is C49H28N4O. The van der Waals surface area contributed by atoms with Crippen LogP contribution in [-0.2, 0) is 0 Å². The van der Waals surface area contributed by atoms with Gasteiger partial charge >= 0.3 is 0 Å². The number of para-hydroxylation sites is 3. The van der Waals surface area contributed by atoms with Crippen molar-refractivity contribution in [1.29, 1.82) is 0 Å². The Morgan fingerprint density at radius 3 is 1.87 bits per heavy atom. The van der Waals surface area contributed by atoms with E-state index < -0.39 is 0 Å². The molecule has 0 bridgehead atoms. The lowest BCUT2D eigenvalue weighted by atomic mass is 9.93. The summed E-state index contributed by atoms with van der Waals surface area (Å²) in [5.41, 5.74) is 9.72. The molecule has 5 heteroatoms. The van der Waals surface area contributed by atoms with Gasteiger partial charge in [-0.25, -0.2) is 15.0 Å². The van der Waals surface area contributed by atoms with Crippen molar-refractivity contribution in [3.63, 3.8) is 0 Å². The summed E-state index contributed by atoms with van der Waals surface area (Å²) in [6.07, 6.45) is 0. The van der Waals surface area contributed by atoms with E-state index in [4.69, 9.17) is 19.4 Å². The zero-order chi connectivity index (χ0) is 35.3. The molecule has 0 aliphatic heterocycles. The molecule has 8 aromatic carbocycles. The predicted molar refractivity (Wildman–Crippen MR) is 222 cm³/mol. The minimum Gasteiger partial charge on any atom is -0.455 e. The van der Waals surface area contributed by atoms with E-state index in [-0.39, 0.29) is 0 Å². The van der Waals surface area contributed by atoms with Crippen molar-refractivity contribution >= 4 is 87.1 Å². The highest BCUT2D eigenvalue weighted by Gasteiger charge is 2.22. The van der Waals surface area contributed by atoms with Crippen LogP contribution >= 0.6 is 0 Å². The van der Waals surface area contributed by atoms with Crippen molar-refractivity contribution in [2.45, 2.75) is 0 Å². The van der Waals surface area contributed by atoms with Gasteiger partial charge in [-0.2, -0.15) is 0 Å². The van der Waals surface area contributed by atoms with Crippen LogP contribution in [-0.4, -0.2) is 19.5 Å². The summed E-state index contributed by atoms with van der Waals surface area (Å²) in [5, 5.41) is 11.0. The molecule has 0 radical (unpaired) electrons. The predicted octanol–water partition coefficient (Wildman–Crippen LogP) is 12.8. The highest BCUT2D eigenvalue weighted by atomic mass is 16.3. The Morgan fingerprint density at radius 2 is 1.02 bits per heavy atom. The normalized spacial score (nSPS) is 12.1. The molecule has 0 unspecified atom stereocenters. The molecule has 250 valence electrons. The minimum atomic E-state index is 0.642. The Labute approximate surface area is 308 Å². The maximum Gasteiger partial charge on any atom is 0.235 e. The molecule has 0 N–H and O–H groups in total. The van der Waals surface area contributed by atoms with Crippen LogP contribution in [0.1, 0.15) is 0 Å². The number of hydrogen-bond acceptors (Lipinski definition) is 4. The highest BCUT2D eigenvalue weighted by Crippen LogP contribution is 2.45. The summed E-state index contributed by atoms with van der Waals surface area (Å²) >= 11 is 0. The molecule has 0 aliphatic rings. The molecule has 0 spiro atoms. The third kappa shape index (κ3) is 4.06. The molecule has 0 fully saturated rings. The first-order chi connectivity index (χ1) is 26.8. The summed E-state index contributed by atoms with van der Waals surface area (Å²) in [7, 11) is 0. The lowest BCUT2D eigenvalue weighted by molar-refractivity contribution is 0.673. The number of rotatable bonds is 3. The molecule has 0 atom stereocenters. The van der Waals surface area contributed by atoms with Gasteiger partial charge in [0, 0.05) is 59.6 Å². The van der Waals surface area contributed by atoms with E-state index in [1.54, 1.807) is 0 Å². The van der Waals surface area contributed by atoms with Crippen LogP contribution < -0.4 is 0 Å². The molecule has 0 saturated carbocycles. The summed E-state index contributed by atoms with van der Waals surface area (Å²) in [6, 6.07) is 59.3. The number of aromatic nitrogens is 4. The number of pyridine rings is 1. The maximum atomic E-state index is 6.58. The summed E-state index contributed by atoms with van der Waals surface area (Å²) in [4.78, 5) is 16.0. The van der Waals surface area contributed by atoms with Crippen molar-refractivity contribution in [1.82, 2.24) is 19.5 Å². The van der Waals surface area contributed by atoms with Crippen LogP contribution in [0.5, 0.6) is 0 Å². The van der Waals surface area contributed by atoms with Crippen molar-refractivity contribution in [3.8, 4) is 28.5 Å². The fraction of sp³-hybridized carbons (Fsp3) is 0. The molecule has 0 saturated heterocycles. The summed E-state index contributed by atoms with van der Waals surface area (Å²) in [5.74, 6) is 0.642. The van der Waals surface area contributed by atoms with Crippen molar-refractivity contribution < 1.29 is 4.42 Å². The zero-order valence-corrected chi connectivity index (χ0v) is 28.9. The molecule has 54 heavy (non-hydrogen) atoms. The van der Waals surface area contributed by atoms with Gasteiger partial charge in [-0.05, 0) is 35.7 Å². The second-order valence-corrected chi connectivity index (χ2v) is 13.9. The van der Waals surface area contributed by atoms with Crippen LogP contribution in [0, 0.1) is 0 Å². The summed E-state index contributed by atoms with van der Waals surface area (Å²) in [6.45, 7) is 0. The van der Waals surface area contributed by atoms with Crippen molar-refractivity contribution in [3.05, 3.63) is 170 Å². The van der Waals surface area contributed by atoms with Gasteiger partial charge in [-0.1, -0.05) is 140 Å². The minimum absolute atomic E-state index is 0.642. The Morgan fingerprint density at radius 1 is 0.389 bits per heavy atom. The van der Waals surface area contributed by atoms with Gasteiger partial charge in [0.25, 0.3) is 0 Å². The number of benzene rings is 8. The van der Waals surface area contributed by atoms with Crippen LogP contribution in [0.25, 0.3) is 116 Å². The quantitative estimate of drug-likeness (QED) is 0.173. The van der Waals surface area contributed by atoms with Crippen LogP contribution in [0.2, 0.25) is 0 Å². The fourth-order valence-corrected chi connectivity index (χ4v) is 8.62. The molecular weight excluding hydrogens is 661 g/mol. The van der Waals surface area contributed by atoms with E-state index in [2.05, 4.69) is 150 Å². The standard InChI is InChI=1S/C49H28N4O/c1-2-14-29(15-3-1)45-36-21-8-11-23-39(36)50-49(52-45)53-40-24-12-9-16-31(40)38-28-30(26-27-41(38)53)46-33-18-5-4-17-32(33)43-44-37-22-10-13-25-42(37)54-48(44)35-20-7-6-19-34(35)47(43)51-46/h1-28H. The molecule has 0 aliphatic carbocycles. The lowest BCUT2D eigenvalue weighted by Crippen LogP contribution is -2.03. The van der Waals surface area contributed by atoms with Gasteiger partial charge in [0.1, 0.15) is 11.2 Å². The number of hydrogen-bond donors (Lipinski definition) is 0. The van der Waals surface area contributed by atoms with Gasteiger partial charge in [0.2, 0.25) is 5.95 Å². The van der Waals surface area contributed by atoms with E-state index in [1.807, 2.05) is 24.3 Å². The Kier molecular flexibility index (Phi) is 5.99. The van der Waals surface area contributed by atoms with E-state index in [0.717, 1.165) is 110 Å². The second kappa shape index (κ2) is 11.1. The highest BCUT2D eigenvalue weighted by molar-refractivity contribution is 6.35. The average Bonchev–Trinajstić information content (AvgIpc) is 3.79. The zero-order valence-electron chi connectivity index (χ0n) is 28.9. The Bertz CT molecular complexity index is 3510. The van der Waals surface area contributed by atoms with Gasteiger partial charge < -0.3 is 4.42 Å². The Hall–Kier alpha value is -7.37. The van der Waals surface area contributed by atoms with Crippen molar-refractivity contribution in [2.24, 2.45) is 0 Å². The SMILES string of the molecule is c1ccc(-c2nc(-n3c4ccccc4c4cc(-c5nc6c7ccccc7c7oc8ccccc8c7c6c6ccccc56)ccc43)nc3ccccc23)cc1. The van der Waals surface area contributed by atoms with Crippen molar-refractivity contribution in [2.75, 3.05) is 0 Å². The van der Waals surface area contributed by atoms with Gasteiger partial charge in [-0.15, -0.1) is 0 Å². The van der Waals surface area contributed by atoms with Crippen LogP contribution in [0.4, 0.5) is 0 Å². The van der Waals surface area contributed by atoms with Crippen LogP contribution in [0.15, 0.2) is 174 Å². The van der Waals surface area contributed by atoms with Crippen LogP contribution in [0.3, 0.4) is 0 Å². The van der Waals surface area contributed by atoms with E-state index >= 15 is 0 Å². The van der Waals surface area contributed by atoms with E-state index in [9.17, 15) is 0 Å². The molecule has 12 rings (SSSR count).